The number of amides is 1. The Hall–Kier alpha value is -1.85. The minimum absolute atomic E-state index is 0.211. The smallest absolute Gasteiger partial charge is 0.409 e. The van der Waals surface area contributed by atoms with Crippen LogP contribution in [-0.2, 0) is 4.74 Å². The van der Waals surface area contributed by atoms with Crippen LogP contribution in [0.2, 0.25) is 0 Å². The summed E-state index contributed by atoms with van der Waals surface area (Å²) in [7, 11) is 0. The van der Waals surface area contributed by atoms with E-state index in [-0.39, 0.29) is 6.09 Å². The minimum Gasteiger partial charge on any atom is -0.450 e. The Balaban J connectivity index is 1.84. The van der Waals surface area contributed by atoms with Gasteiger partial charge in [-0.2, -0.15) is 0 Å². The van der Waals surface area contributed by atoms with Crippen LogP contribution in [0, 0.1) is 6.92 Å². The van der Waals surface area contributed by atoms with Gasteiger partial charge in [-0.3, -0.25) is 4.98 Å². The number of anilines is 1. The van der Waals surface area contributed by atoms with Crippen LogP contribution >= 0.6 is 0 Å². The number of carbonyl (C=O) groups is 1. The molecule has 1 aliphatic rings. The van der Waals surface area contributed by atoms with E-state index in [1.165, 1.54) is 0 Å². The standard InChI is InChI=1S/C13H20N4O2/c1-3-19-13(18)17-8-4-11(5-9-17)16-12-10(2)14-6-7-15-12/h6-7,11H,3-5,8-9H2,1-2H3,(H,15,16). The van der Waals surface area contributed by atoms with Crippen LogP contribution in [0.4, 0.5) is 10.6 Å². The van der Waals surface area contributed by atoms with E-state index in [1.807, 2.05) is 13.8 Å². The normalized spacial score (nSPS) is 16.2. The molecule has 0 aromatic carbocycles. The number of nitrogens with one attached hydrogen (secondary N) is 1. The molecule has 1 saturated heterocycles. The predicted octanol–water partition coefficient (Wildman–Crippen LogP) is 1.82. The zero-order chi connectivity index (χ0) is 13.7. The summed E-state index contributed by atoms with van der Waals surface area (Å²) in [5.41, 5.74) is 0.898. The number of aryl methyl sites for hydroxylation is 1. The molecule has 19 heavy (non-hydrogen) atoms. The number of carbonyl (C=O) groups excluding carboxylic acids is 1. The topological polar surface area (TPSA) is 67.3 Å². The highest BCUT2D eigenvalue weighted by Crippen LogP contribution is 2.17. The van der Waals surface area contributed by atoms with Crippen molar-refractivity contribution in [2.45, 2.75) is 32.7 Å². The summed E-state index contributed by atoms with van der Waals surface area (Å²) in [5, 5.41) is 3.39. The molecule has 0 aliphatic carbocycles. The Bertz CT molecular complexity index is 430. The molecule has 104 valence electrons. The minimum atomic E-state index is -0.211. The van der Waals surface area contributed by atoms with Gasteiger partial charge in [0, 0.05) is 31.5 Å². The van der Waals surface area contributed by atoms with Crippen molar-refractivity contribution >= 4 is 11.9 Å². The number of ether oxygens (including phenoxy) is 1. The molecule has 0 radical (unpaired) electrons. The lowest BCUT2D eigenvalue weighted by molar-refractivity contribution is 0.0983. The molecule has 1 aromatic rings. The summed E-state index contributed by atoms with van der Waals surface area (Å²) in [4.78, 5) is 21.8. The number of hydrogen-bond donors (Lipinski definition) is 1. The third kappa shape index (κ3) is 3.56. The lowest BCUT2D eigenvalue weighted by Gasteiger charge is -2.32. The zero-order valence-electron chi connectivity index (χ0n) is 11.4. The van der Waals surface area contributed by atoms with E-state index in [9.17, 15) is 4.79 Å². The number of aromatic nitrogens is 2. The Morgan fingerprint density at radius 2 is 2.11 bits per heavy atom. The average Bonchev–Trinajstić information content (AvgIpc) is 2.42. The van der Waals surface area contributed by atoms with Crippen LogP contribution in [0.1, 0.15) is 25.5 Å². The van der Waals surface area contributed by atoms with Crippen molar-refractivity contribution in [3.8, 4) is 0 Å². The van der Waals surface area contributed by atoms with Gasteiger partial charge in [0.15, 0.2) is 0 Å². The van der Waals surface area contributed by atoms with Crippen molar-refractivity contribution in [2.24, 2.45) is 0 Å². The highest BCUT2D eigenvalue weighted by molar-refractivity contribution is 5.67. The van der Waals surface area contributed by atoms with Crippen molar-refractivity contribution in [3.63, 3.8) is 0 Å². The van der Waals surface area contributed by atoms with E-state index in [2.05, 4.69) is 15.3 Å². The maximum Gasteiger partial charge on any atom is 0.409 e. The van der Waals surface area contributed by atoms with Gasteiger partial charge in [0.1, 0.15) is 5.82 Å². The lowest BCUT2D eigenvalue weighted by atomic mass is 10.1. The lowest BCUT2D eigenvalue weighted by Crippen LogP contribution is -2.42. The highest BCUT2D eigenvalue weighted by Gasteiger charge is 2.23. The molecule has 1 amide bonds. The number of piperidine rings is 1. The summed E-state index contributed by atoms with van der Waals surface area (Å²) in [6.45, 7) is 5.62. The molecule has 1 aromatic heterocycles. The van der Waals surface area contributed by atoms with Gasteiger partial charge < -0.3 is 15.0 Å². The second kappa shape index (κ2) is 6.36. The van der Waals surface area contributed by atoms with Crippen LogP contribution in [0.25, 0.3) is 0 Å². The van der Waals surface area contributed by atoms with Gasteiger partial charge in [0.25, 0.3) is 0 Å². The first kappa shape index (κ1) is 13.6. The fourth-order valence-corrected chi connectivity index (χ4v) is 2.16. The Morgan fingerprint density at radius 1 is 1.42 bits per heavy atom. The van der Waals surface area contributed by atoms with Crippen molar-refractivity contribution in [2.75, 3.05) is 25.0 Å². The van der Waals surface area contributed by atoms with Crippen molar-refractivity contribution in [1.29, 1.82) is 0 Å². The molecular weight excluding hydrogens is 244 g/mol. The molecule has 0 atom stereocenters. The van der Waals surface area contributed by atoms with Gasteiger partial charge in [0.2, 0.25) is 0 Å². The van der Waals surface area contributed by atoms with Gasteiger partial charge in [-0.1, -0.05) is 0 Å². The molecule has 6 nitrogen and oxygen atoms in total. The molecule has 0 bridgehead atoms. The SMILES string of the molecule is CCOC(=O)N1CCC(Nc2nccnc2C)CC1. The Morgan fingerprint density at radius 3 is 2.74 bits per heavy atom. The monoisotopic (exact) mass is 264 g/mol. The molecule has 2 rings (SSSR count). The maximum absolute atomic E-state index is 11.6. The fraction of sp³-hybridized carbons (Fsp3) is 0.615. The van der Waals surface area contributed by atoms with Crippen molar-refractivity contribution in [1.82, 2.24) is 14.9 Å². The van der Waals surface area contributed by atoms with Gasteiger partial charge in [-0.15, -0.1) is 0 Å². The molecule has 1 N–H and O–H groups in total. The molecule has 1 fully saturated rings. The highest BCUT2D eigenvalue weighted by atomic mass is 16.6. The van der Waals surface area contributed by atoms with Crippen molar-refractivity contribution in [3.05, 3.63) is 18.1 Å². The Labute approximate surface area is 113 Å². The fourth-order valence-electron chi connectivity index (χ4n) is 2.16. The van der Waals surface area contributed by atoms with Gasteiger partial charge in [-0.25, -0.2) is 9.78 Å². The van der Waals surface area contributed by atoms with Gasteiger partial charge in [-0.05, 0) is 26.7 Å². The first-order valence-corrected chi connectivity index (χ1v) is 6.66. The average molecular weight is 264 g/mol. The summed E-state index contributed by atoms with van der Waals surface area (Å²) in [5.74, 6) is 0.831. The van der Waals surface area contributed by atoms with Gasteiger partial charge in [0.05, 0.1) is 12.3 Å². The summed E-state index contributed by atoms with van der Waals surface area (Å²) >= 11 is 0. The molecule has 0 saturated carbocycles. The molecule has 1 aliphatic heterocycles. The van der Waals surface area contributed by atoms with E-state index >= 15 is 0 Å². The van der Waals surface area contributed by atoms with Crippen LogP contribution in [0.5, 0.6) is 0 Å². The van der Waals surface area contributed by atoms with Crippen LogP contribution in [0.15, 0.2) is 12.4 Å². The summed E-state index contributed by atoms with van der Waals surface area (Å²) in [6.07, 6.45) is 4.95. The molecule has 0 spiro atoms. The predicted molar refractivity (Wildman–Crippen MR) is 72.0 cm³/mol. The third-order valence-electron chi connectivity index (χ3n) is 3.24. The van der Waals surface area contributed by atoms with Crippen LogP contribution < -0.4 is 5.32 Å². The molecule has 0 unspecified atom stereocenters. The maximum atomic E-state index is 11.6. The molecular formula is C13H20N4O2. The van der Waals surface area contributed by atoms with E-state index in [0.717, 1.165) is 37.4 Å². The number of rotatable bonds is 3. The number of hydrogen-bond acceptors (Lipinski definition) is 5. The van der Waals surface area contributed by atoms with Gasteiger partial charge >= 0.3 is 6.09 Å². The van der Waals surface area contributed by atoms with Crippen molar-refractivity contribution < 1.29 is 9.53 Å². The van der Waals surface area contributed by atoms with Crippen LogP contribution in [-0.4, -0.2) is 46.7 Å². The second-order valence-electron chi connectivity index (χ2n) is 4.59. The third-order valence-corrected chi connectivity index (χ3v) is 3.24. The van der Waals surface area contributed by atoms with E-state index in [4.69, 9.17) is 4.74 Å². The van der Waals surface area contributed by atoms with E-state index < -0.39 is 0 Å². The molecule has 6 heteroatoms. The van der Waals surface area contributed by atoms with E-state index in [1.54, 1.807) is 17.3 Å². The zero-order valence-corrected chi connectivity index (χ0v) is 11.4. The largest absolute Gasteiger partial charge is 0.450 e. The molecule has 2 heterocycles. The van der Waals surface area contributed by atoms with Crippen LogP contribution in [0.3, 0.4) is 0 Å². The first-order chi connectivity index (χ1) is 9.20. The quantitative estimate of drug-likeness (QED) is 0.902. The van der Waals surface area contributed by atoms with E-state index in [0.29, 0.717) is 12.6 Å². The summed E-state index contributed by atoms with van der Waals surface area (Å²) < 4.78 is 5.00. The number of nitrogens with zero attached hydrogens (tertiary/aromatic N) is 3. The Kier molecular flexibility index (Phi) is 4.54. The summed E-state index contributed by atoms with van der Waals surface area (Å²) in [6, 6.07) is 0.334. The number of likely N-dealkylation sites (tertiary alicyclic amines) is 1. The second-order valence-corrected chi connectivity index (χ2v) is 4.59. The first-order valence-electron chi connectivity index (χ1n) is 6.66.